The fourth-order valence-corrected chi connectivity index (χ4v) is 1.34. The van der Waals surface area contributed by atoms with E-state index in [1.165, 1.54) is 6.26 Å². The molecule has 1 N–H and O–H groups in total. The highest BCUT2D eigenvalue weighted by molar-refractivity contribution is 9.09. The van der Waals surface area contributed by atoms with Gasteiger partial charge in [-0.3, -0.25) is 4.79 Å². The van der Waals surface area contributed by atoms with Gasteiger partial charge in [0, 0.05) is 12.4 Å². The van der Waals surface area contributed by atoms with E-state index in [-0.39, 0.29) is 11.9 Å². The molecule has 4 nitrogen and oxygen atoms in total. The molecule has 1 aromatic rings. The van der Waals surface area contributed by atoms with Gasteiger partial charge in [-0.2, -0.15) is 0 Å². The lowest BCUT2D eigenvalue weighted by atomic mass is 10.3. The number of carbonyl (C=O) groups is 1. The highest BCUT2D eigenvalue weighted by Crippen LogP contribution is 2.01. The van der Waals surface area contributed by atoms with Crippen LogP contribution >= 0.6 is 15.9 Å². The predicted molar refractivity (Wildman–Crippen MR) is 55.6 cm³/mol. The number of methoxy groups -OCH3 is 1. The van der Waals surface area contributed by atoms with Crippen molar-refractivity contribution in [2.45, 2.75) is 6.04 Å². The molecule has 0 aliphatic rings. The number of carbonyl (C=O) groups excluding carboxylic acids is 1. The molecule has 0 fully saturated rings. The molecule has 5 heteroatoms. The van der Waals surface area contributed by atoms with Gasteiger partial charge in [-0.25, -0.2) is 0 Å². The number of furan rings is 1. The molecule has 1 rings (SSSR count). The van der Waals surface area contributed by atoms with Gasteiger partial charge in [0.05, 0.1) is 18.9 Å². The van der Waals surface area contributed by atoms with E-state index in [2.05, 4.69) is 21.2 Å². The molecule has 0 aliphatic carbocycles. The van der Waals surface area contributed by atoms with Crippen molar-refractivity contribution >= 4 is 21.8 Å². The summed E-state index contributed by atoms with van der Waals surface area (Å²) in [6.45, 7) is 0.470. The standard InChI is InChI=1S/C9H12BrNO3/c1-13-6-7(5-10)11-9(12)8-3-2-4-14-8/h2-4,7H,5-6H2,1H3,(H,11,12). The number of rotatable bonds is 5. The molecule has 0 spiro atoms. The van der Waals surface area contributed by atoms with Crippen LogP contribution in [0.15, 0.2) is 22.8 Å². The molecule has 0 saturated heterocycles. The number of hydrogen-bond acceptors (Lipinski definition) is 3. The van der Waals surface area contributed by atoms with Gasteiger partial charge in [-0.1, -0.05) is 15.9 Å². The van der Waals surface area contributed by atoms with Crippen molar-refractivity contribution in [3.05, 3.63) is 24.2 Å². The van der Waals surface area contributed by atoms with Gasteiger partial charge in [0.2, 0.25) is 0 Å². The van der Waals surface area contributed by atoms with Gasteiger partial charge < -0.3 is 14.5 Å². The molecule has 0 saturated carbocycles. The van der Waals surface area contributed by atoms with Gasteiger partial charge >= 0.3 is 0 Å². The van der Waals surface area contributed by atoms with E-state index >= 15 is 0 Å². The van der Waals surface area contributed by atoms with Crippen LogP contribution in [-0.2, 0) is 4.74 Å². The van der Waals surface area contributed by atoms with Crippen LogP contribution in [0.4, 0.5) is 0 Å². The summed E-state index contributed by atoms with van der Waals surface area (Å²) < 4.78 is 9.89. The number of ether oxygens (including phenoxy) is 1. The van der Waals surface area contributed by atoms with Crippen molar-refractivity contribution in [1.29, 1.82) is 0 Å². The Hall–Kier alpha value is -0.810. The SMILES string of the molecule is COCC(CBr)NC(=O)c1ccco1. The first-order valence-electron chi connectivity index (χ1n) is 4.17. The second-order valence-electron chi connectivity index (χ2n) is 2.76. The maximum atomic E-state index is 11.5. The van der Waals surface area contributed by atoms with Crippen LogP contribution in [0.3, 0.4) is 0 Å². The van der Waals surface area contributed by atoms with Crippen molar-refractivity contribution in [2.75, 3.05) is 19.0 Å². The minimum atomic E-state index is -0.225. The lowest BCUT2D eigenvalue weighted by Crippen LogP contribution is -2.39. The first-order valence-corrected chi connectivity index (χ1v) is 5.29. The molecule has 1 amide bonds. The van der Waals surface area contributed by atoms with Crippen molar-refractivity contribution in [1.82, 2.24) is 5.32 Å². The summed E-state index contributed by atoms with van der Waals surface area (Å²) in [5.74, 6) is 0.0866. The molecule has 14 heavy (non-hydrogen) atoms. The Labute approximate surface area is 90.7 Å². The third-order valence-corrected chi connectivity index (χ3v) is 2.42. The molecule has 0 bridgehead atoms. The minimum Gasteiger partial charge on any atom is -0.459 e. The number of hydrogen-bond donors (Lipinski definition) is 1. The molecule has 1 atom stereocenters. The summed E-state index contributed by atoms with van der Waals surface area (Å²) in [4.78, 5) is 11.5. The lowest BCUT2D eigenvalue weighted by molar-refractivity contribution is 0.0880. The van der Waals surface area contributed by atoms with E-state index in [1.807, 2.05) is 0 Å². The Bertz CT molecular complexity index is 274. The molecule has 0 aliphatic heterocycles. The topological polar surface area (TPSA) is 51.5 Å². The molecule has 78 valence electrons. The van der Waals surface area contributed by atoms with E-state index < -0.39 is 0 Å². The van der Waals surface area contributed by atoms with Gasteiger partial charge in [-0.05, 0) is 12.1 Å². The summed E-state index contributed by atoms with van der Waals surface area (Å²) >= 11 is 3.28. The Kier molecular flexibility index (Phi) is 4.69. The van der Waals surface area contributed by atoms with Crippen LogP contribution in [0.25, 0.3) is 0 Å². The molecular weight excluding hydrogens is 250 g/mol. The first kappa shape index (κ1) is 11.3. The Balaban J connectivity index is 2.47. The van der Waals surface area contributed by atoms with Crippen molar-refractivity contribution in [3.8, 4) is 0 Å². The molecule has 0 radical (unpaired) electrons. The third kappa shape index (κ3) is 3.16. The molecule has 1 aromatic heterocycles. The highest BCUT2D eigenvalue weighted by atomic mass is 79.9. The van der Waals surface area contributed by atoms with Crippen LogP contribution in [0.2, 0.25) is 0 Å². The Morgan fingerprint density at radius 2 is 2.57 bits per heavy atom. The molecule has 1 heterocycles. The zero-order valence-electron chi connectivity index (χ0n) is 7.83. The molecule has 1 unspecified atom stereocenters. The Morgan fingerprint density at radius 3 is 3.07 bits per heavy atom. The van der Waals surface area contributed by atoms with Gasteiger partial charge in [0.15, 0.2) is 5.76 Å². The zero-order valence-corrected chi connectivity index (χ0v) is 9.41. The number of halogens is 1. The van der Waals surface area contributed by atoms with Crippen molar-refractivity contribution < 1.29 is 13.9 Å². The second kappa shape index (κ2) is 5.82. The number of amides is 1. The highest BCUT2D eigenvalue weighted by Gasteiger charge is 2.13. The predicted octanol–water partition coefficient (Wildman–Crippen LogP) is 1.42. The summed E-state index contributed by atoms with van der Waals surface area (Å²) in [6.07, 6.45) is 1.47. The van der Waals surface area contributed by atoms with Crippen LogP contribution in [0.1, 0.15) is 10.6 Å². The van der Waals surface area contributed by atoms with Gasteiger partial charge in [0.1, 0.15) is 0 Å². The number of alkyl halides is 1. The summed E-state index contributed by atoms with van der Waals surface area (Å²) in [5, 5.41) is 3.41. The average molecular weight is 262 g/mol. The van der Waals surface area contributed by atoms with E-state index in [0.29, 0.717) is 17.7 Å². The van der Waals surface area contributed by atoms with Crippen LogP contribution in [0.5, 0.6) is 0 Å². The summed E-state index contributed by atoms with van der Waals surface area (Å²) in [6, 6.07) is 3.25. The largest absolute Gasteiger partial charge is 0.459 e. The average Bonchev–Trinajstić information content (AvgIpc) is 2.69. The van der Waals surface area contributed by atoms with Gasteiger partial charge in [-0.15, -0.1) is 0 Å². The lowest BCUT2D eigenvalue weighted by Gasteiger charge is -2.13. The van der Waals surface area contributed by atoms with E-state index in [1.54, 1.807) is 19.2 Å². The van der Waals surface area contributed by atoms with Crippen LogP contribution in [0, 0.1) is 0 Å². The quantitative estimate of drug-likeness (QED) is 0.816. The second-order valence-corrected chi connectivity index (χ2v) is 3.40. The van der Waals surface area contributed by atoms with Crippen molar-refractivity contribution in [3.63, 3.8) is 0 Å². The fraction of sp³-hybridized carbons (Fsp3) is 0.444. The maximum absolute atomic E-state index is 11.5. The van der Waals surface area contributed by atoms with E-state index in [4.69, 9.17) is 9.15 Å². The normalized spacial score (nSPS) is 12.4. The van der Waals surface area contributed by atoms with Crippen LogP contribution in [-0.4, -0.2) is 31.0 Å². The zero-order chi connectivity index (χ0) is 10.4. The maximum Gasteiger partial charge on any atom is 0.287 e. The first-order chi connectivity index (χ1) is 6.77. The van der Waals surface area contributed by atoms with E-state index in [0.717, 1.165) is 0 Å². The smallest absolute Gasteiger partial charge is 0.287 e. The summed E-state index contributed by atoms with van der Waals surface area (Å²) in [5.41, 5.74) is 0. The fourth-order valence-electron chi connectivity index (χ4n) is 0.990. The molecular formula is C9H12BrNO3. The van der Waals surface area contributed by atoms with E-state index in [9.17, 15) is 4.79 Å². The Morgan fingerprint density at radius 1 is 1.79 bits per heavy atom. The molecule has 0 aromatic carbocycles. The monoisotopic (exact) mass is 261 g/mol. The van der Waals surface area contributed by atoms with Gasteiger partial charge in [0.25, 0.3) is 5.91 Å². The number of nitrogens with one attached hydrogen (secondary N) is 1. The third-order valence-electron chi connectivity index (χ3n) is 1.63. The van der Waals surface area contributed by atoms with Crippen molar-refractivity contribution in [2.24, 2.45) is 0 Å². The van der Waals surface area contributed by atoms with Crippen LogP contribution < -0.4 is 5.32 Å². The summed E-state index contributed by atoms with van der Waals surface area (Å²) in [7, 11) is 1.59. The minimum absolute atomic E-state index is 0.0439.